The van der Waals surface area contributed by atoms with Crippen molar-refractivity contribution >= 4 is 23.2 Å². The van der Waals surface area contributed by atoms with E-state index in [4.69, 9.17) is 27.6 Å². The first kappa shape index (κ1) is 13.4. The summed E-state index contributed by atoms with van der Waals surface area (Å²) in [5.74, 6) is 1.35. The van der Waals surface area contributed by atoms with Crippen molar-refractivity contribution < 1.29 is 4.42 Å². The summed E-state index contributed by atoms with van der Waals surface area (Å²) < 4.78 is 5.70. The standard InChI is InChI=1S/C13H14Cl2N2O/c1-3-16-8(2)13-17-7-12(18-13)9-4-5-10(14)11(15)6-9/h4-8,16H,3H2,1-2H3. The normalized spacial score (nSPS) is 12.7. The molecule has 1 N–H and O–H groups in total. The molecule has 0 saturated heterocycles. The van der Waals surface area contributed by atoms with E-state index in [1.165, 1.54) is 0 Å². The molecule has 0 amide bonds. The fourth-order valence-corrected chi connectivity index (χ4v) is 1.96. The Bertz CT molecular complexity index is 540. The van der Waals surface area contributed by atoms with Crippen molar-refractivity contribution in [2.24, 2.45) is 0 Å². The highest BCUT2D eigenvalue weighted by atomic mass is 35.5. The van der Waals surface area contributed by atoms with Gasteiger partial charge in [-0.2, -0.15) is 0 Å². The molecule has 0 saturated carbocycles. The fourth-order valence-electron chi connectivity index (χ4n) is 1.66. The van der Waals surface area contributed by atoms with Crippen LogP contribution in [0.5, 0.6) is 0 Å². The lowest BCUT2D eigenvalue weighted by atomic mass is 10.2. The molecule has 1 aromatic carbocycles. The van der Waals surface area contributed by atoms with E-state index < -0.39 is 0 Å². The van der Waals surface area contributed by atoms with E-state index in [2.05, 4.69) is 10.3 Å². The molecule has 0 fully saturated rings. The van der Waals surface area contributed by atoms with Gasteiger partial charge in [0.15, 0.2) is 5.76 Å². The van der Waals surface area contributed by atoms with Crippen LogP contribution < -0.4 is 5.32 Å². The molecular weight excluding hydrogens is 271 g/mol. The zero-order valence-electron chi connectivity index (χ0n) is 10.2. The molecule has 0 spiro atoms. The van der Waals surface area contributed by atoms with Crippen LogP contribution in [0.25, 0.3) is 11.3 Å². The molecule has 1 atom stereocenters. The predicted molar refractivity (Wildman–Crippen MR) is 74.1 cm³/mol. The summed E-state index contributed by atoms with van der Waals surface area (Å²) in [6.07, 6.45) is 1.70. The third-order valence-electron chi connectivity index (χ3n) is 2.61. The number of rotatable bonds is 4. The summed E-state index contributed by atoms with van der Waals surface area (Å²) in [5.41, 5.74) is 0.867. The molecule has 0 aliphatic rings. The van der Waals surface area contributed by atoms with Crippen LogP contribution in [0, 0.1) is 0 Å². The van der Waals surface area contributed by atoms with Gasteiger partial charge in [-0.05, 0) is 31.7 Å². The van der Waals surface area contributed by atoms with Crippen molar-refractivity contribution in [2.45, 2.75) is 19.9 Å². The maximum Gasteiger partial charge on any atom is 0.211 e. The number of nitrogens with one attached hydrogen (secondary N) is 1. The van der Waals surface area contributed by atoms with Crippen LogP contribution >= 0.6 is 23.2 Å². The van der Waals surface area contributed by atoms with E-state index in [-0.39, 0.29) is 6.04 Å². The Hall–Kier alpha value is -1.03. The summed E-state index contributed by atoms with van der Waals surface area (Å²) >= 11 is 11.9. The second-order valence-electron chi connectivity index (χ2n) is 3.97. The highest BCUT2D eigenvalue weighted by Gasteiger charge is 2.12. The van der Waals surface area contributed by atoms with Crippen molar-refractivity contribution in [3.05, 3.63) is 40.3 Å². The summed E-state index contributed by atoms with van der Waals surface area (Å²) in [6.45, 7) is 4.92. The number of hydrogen-bond acceptors (Lipinski definition) is 3. The fraction of sp³-hybridized carbons (Fsp3) is 0.308. The van der Waals surface area contributed by atoms with E-state index >= 15 is 0 Å². The van der Waals surface area contributed by atoms with Crippen LogP contribution in [0.2, 0.25) is 10.0 Å². The molecular formula is C13H14Cl2N2O. The summed E-state index contributed by atoms with van der Waals surface area (Å²) in [6, 6.07) is 5.46. The van der Waals surface area contributed by atoms with Gasteiger partial charge in [0.05, 0.1) is 22.3 Å². The molecule has 3 nitrogen and oxygen atoms in total. The number of oxazole rings is 1. The lowest BCUT2D eigenvalue weighted by Crippen LogP contribution is -2.17. The van der Waals surface area contributed by atoms with Gasteiger partial charge >= 0.3 is 0 Å². The van der Waals surface area contributed by atoms with Crippen molar-refractivity contribution in [1.82, 2.24) is 10.3 Å². The van der Waals surface area contributed by atoms with Gasteiger partial charge in [0.2, 0.25) is 5.89 Å². The smallest absolute Gasteiger partial charge is 0.211 e. The topological polar surface area (TPSA) is 38.1 Å². The zero-order chi connectivity index (χ0) is 13.1. The Morgan fingerprint density at radius 2 is 2.11 bits per heavy atom. The summed E-state index contributed by atoms with van der Waals surface area (Å²) in [7, 11) is 0. The molecule has 2 aromatic rings. The average molecular weight is 285 g/mol. The van der Waals surface area contributed by atoms with E-state index in [9.17, 15) is 0 Å². The van der Waals surface area contributed by atoms with Gasteiger partial charge in [0, 0.05) is 5.56 Å². The van der Waals surface area contributed by atoms with Crippen LogP contribution in [0.3, 0.4) is 0 Å². The van der Waals surface area contributed by atoms with E-state index in [1.807, 2.05) is 19.9 Å². The minimum Gasteiger partial charge on any atom is -0.439 e. The maximum atomic E-state index is 5.98. The van der Waals surface area contributed by atoms with Crippen LogP contribution in [-0.4, -0.2) is 11.5 Å². The Labute approximate surface area is 116 Å². The molecule has 1 unspecified atom stereocenters. The van der Waals surface area contributed by atoms with Gasteiger partial charge in [0.25, 0.3) is 0 Å². The number of nitrogens with zero attached hydrogens (tertiary/aromatic N) is 1. The Morgan fingerprint density at radius 3 is 2.78 bits per heavy atom. The highest BCUT2D eigenvalue weighted by molar-refractivity contribution is 6.42. The van der Waals surface area contributed by atoms with Crippen molar-refractivity contribution in [1.29, 1.82) is 0 Å². The first-order valence-electron chi connectivity index (χ1n) is 5.76. The number of aromatic nitrogens is 1. The molecule has 0 aliphatic carbocycles. The first-order valence-corrected chi connectivity index (χ1v) is 6.52. The third kappa shape index (κ3) is 2.86. The van der Waals surface area contributed by atoms with Crippen LogP contribution in [-0.2, 0) is 0 Å². The van der Waals surface area contributed by atoms with E-state index in [1.54, 1.807) is 18.3 Å². The lowest BCUT2D eigenvalue weighted by molar-refractivity contribution is 0.429. The molecule has 2 rings (SSSR count). The monoisotopic (exact) mass is 284 g/mol. The second-order valence-corrected chi connectivity index (χ2v) is 4.79. The first-order chi connectivity index (χ1) is 8.61. The number of halogens is 2. The molecule has 96 valence electrons. The van der Waals surface area contributed by atoms with Gasteiger partial charge in [0.1, 0.15) is 0 Å². The van der Waals surface area contributed by atoms with Crippen LogP contribution in [0.15, 0.2) is 28.8 Å². The summed E-state index contributed by atoms with van der Waals surface area (Å²) in [4.78, 5) is 4.26. The minimum atomic E-state index is 0.0894. The van der Waals surface area contributed by atoms with Crippen molar-refractivity contribution in [3.63, 3.8) is 0 Å². The Kier molecular flexibility index (Phi) is 4.27. The molecule has 1 aromatic heterocycles. The highest BCUT2D eigenvalue weighted by Crippen LogP contribution is 2.29. The van der Waals surface area contributed by atoms with Crippen LogP contribution in [0.4, 0.5) is 0 Å². The predicted octanol–water partition coefficient (Wildman–Crippen LogP) is 4.32. The van der Waals surface area contributed by atoms with Gasteiger partial charge in [-0.15, -0.1) is 0 Å². The molecule has 0 radical (unpaired) electrons. The average Bonchev–Trinajstić information content (AvgIpc) is 2.82. The SMILES string of the molecule is CCNC(C)c1ncc(-c2ccc(Cl)c(Cl)c2)o1. The maximum absolute atomic E-state index is 5.98. The number of benzene rings is 1. The Morgan fingerprint density at radius 1 is 1.33 bits per heavy atom. The van der Waals surface area contributed by atoms with E-state index in [0.29, 0.717) is 21.7 Å². The zero-order valence-corrected chi connectivity index (χ0v) is 11.7. The molecule has 0 bridgehead atoms. The second kappa shape index (κ2) is 5.74. The van der Waals surface area contributed by atoms with Gasteiger partial charge in [-0.3, -0.25) is 0 Å². The Balaban J connectivity index is 2.26. The third-order valence-corrected chi connectivity index (χ3v) is 3.35. The quantitative estimate of drug-likeness (QED) is 0.909. The van der Waals surface area contributed by atoms with Gasteiger partial charge in [-0.1, -0.05) is 30.1 Å². The summed E-state index contributed by atoms with van der Waals surface area (Å²) in [5, 5.41) is 4.28. The molecule has 0 aliphatic heterocycles. The largest absolute Gasteiger partial charge is 0.439 e. The lowest BCUT2D eigenvalue weighted by Gasteiger charge is -2.06. The van der Waals surface area contributed by atoms with Crippen molar-refractivity contribution in [3.8, 4) is 11.3 Å². The van der Waals surface area contributed by atoms with Gasteiger partial charge < -0.3 is 9.73 Å². The molecule has 1 heterocycles. The number of hydrogen-bond donors (Lipinski definition) is 1. The van der Waals surface area contributed by atoms with Crippen molar-refractivity contribution in [2.75, 3.05) is 6.54 Å². The van der Waals surface area contributed by atoms with Gasteiger partial charge in [-0.25, -0.2) is 4.98 Å². The molecule has 5 heteroatoms. The molecule has 18 heavy (non-hydrogen) atoms. The minimum absolute atomic E-state index is 0.0894. The van der Waals surface area contributed by atoms with E-state index in [0.717, 1.165) is 12.1 Å². The van der Waals surface area contributed by atoms with Crippen LogP contribution in [0.1, 0.15) is 25.8 Å².